The van der Waals surface area contributed by atoms with E-state index >= 15 is 0 Å². The molecule has 0 spiro atoms. The van der Waals surface area contributed by atoms with Crippen LogP contribution in [0.15, 0.2) is 27.4 Å². The third-order valence-electron chi connectivity index (χ3n) is 2.00. The van der Waals surface area contributed by atoms with Crippen LogP contribution in [-0.2, 0) is 0 Å². The number of hydrogen-bond acceptors (Lipinski definition) is 5. The summed E-state index contributed by atoms with van der Waals surface area (Å²) in [5.74, 6) is -0.737. The summed E-state index contributed by atoms with van der Waals surface area (Å²) >= 11 is 5.66. The molecule has 1 N–H and O–H groups in total. The molecule has 0 bridgehead atoms. The maximum absolute atomic E-state index is 11.2. The van der Waals surface area contributed by atoms with E-state index in [0.29, 0.717) is 0 Å². The maximum Gasteiger partial charge on any atom is 0.419 e. The molecule has 0 fully saturated rings. The molecule has 17 heavy (non-hydrogen) atoms. The molecular formula is C9H4ClNNaO5. The first-order chi connectivity index (χ1) is 7.50. The number of nitrogens with zero attached hydrogens (tertiary/aromatic N) is 1. The zero-order valence-electron chi connectivity index (χ0n) is 8.64. The van der Waals surface area contributed by atoms with Crippen LogP contribution in [0, 0.1) is 10.1 Å². The number of hydrogen-bond donors (Lipinski definition) is 1. The van der Waals surface area contributed by atoms with Crippen molar-refractivity contribution in [1.82, 2.24) is 0 Å². The van der Waals surface area contributed by atoms with Gasteiger partial charge in [0.05, 0.1) is 10.3 Å². The zero-order chi connectivity index (χ0) is 11.9. The molecule has 2 rings (SSSR count). The minimum Gasteiger partial charge on any atom is -0.501 e. The van der Waals surface area contributed by atoms with E-state index in [2.05, 4.69) is 4.42 Å². The van der Waals surface area contributed by atoms with E-state index < -0.39 is 22.0 Å². The fourth-order valence-corrected chi connectivity index (χ4v) is 1.48. The number of benzene rings is 1. The van der Waals surface area contributed by atoms with Gasteiger partial charge in [-0.05, 0) is 18.2 Å². The van der Waals surface area contributed by atoms with Crippen molar-refractivity contribution in [2.24, 2.45) is 0 Å². The first kappa shape index (κ1) is 14.0. The van der Waals surface area contributed by atoms with Gasteiger partial charge in [-0.2, -0.15) is 0 Å². The Morgan fingerprint density at radius 3 is 2.65 bits per heavy atom. The number of nitro groups is 1. The Labute approximate surface area is 121 Å². The quantitative estimate of drug-likeness (QED) is 0.366. The Hall–Kier alpha value is -1.08. The largest absolute Gasteiger partial charge is 0.501 e. The fraction of sp³-hybridized carbons (Fsp3) is 0. The molecule has 0 unspecified atom stereocenters. The van der Waals surface area contributed by atoms with E-state index in [9.17, 15) is 20.0 Å². The summed E-state index contributed by atoms with van der Waals surface area (Å²) in [5.41, 5.74) is -2.15. The molecule has 0 saturated carbocycles. The molecule has 1 radical (unpaired) electrons. The van der Waals surface area contributed by atoms with Crippen LogP contribution in [-0.4, -0.2) is 39.6 Å². The van der Waals surface area contributed by atoms with Gasteiger partial charge in [-0.15, -0.1) is 0 Å². The van der Waals surface area contributed by atoms with Crippen molar-refractivity contribution < 1.29 is 14.4 Å². The average molecular weight is 265 g/mol. The zero-order valence-corrected chi connectivity index (χ0v) is 11.4. The number of fused-ring (bicyclic) bond motifs is 1. The molecule has 1 aromatic heterocycles. The van der Waals surface area contributed by atoms with Crippen molar-refractivity contribution >= 4 is 57.8 Å². The predicted octanol–water partition coefficient (Wildman–Crippen LogP) is 1.68. The van der Waals surface area contributed by atoms with E-state index in [1.165, 1.54) is 18.2 Å². The second-order valence-electron chi connectivity index (χ2n) is 2.98. The third-order valence-corrected chi connectivity index (χ3v) is 2.23. The van der Waals surface area contributed by atoms with Gasteiger partial charge < -0.3 is 9.52 Å². The van der Waals surface area contributed by atoms with Crippen molar-refractivity contribution in [3.8, 4) is 5.75 Å². The maximum atomic E-state index is 11.2. The number of halogens is 1. The van der Waals surface area contributed by atoms with Gasteiger partial charge in [0.15, 0.2) is 0 Å². The van der Waals surface area contributed by atoms with Crippen LogP contribution >= 0.6 is 11.6 Å². The van der Waals surface area contributed by atoms with Gasteiger partial charge in [0.25, 0.3) is 0 Å². The van der Waals surface area contributed by atoms with E-state index in [0.717, 1.165) is 0 Å². The Bertz CT molecular complexity index is 654. The summed E-state index contributed by atoms with van der Waals surface area (Å²) in [4.78, 5) is 20.7. The van der Waals surface area contributed by atoms with Crippen molar-refractivity contribution in [1.29, 1.82) is 0 Å². The van der Waals surface area contributed by atoms with E-state index in [-0.39, 0.29) is 45.5 Å². The van der Waals surface area contributed by atoms with Crippen LogP contribution in [0.4, 0.5) is 5.69 Å². The molecule has 0 aliphatic heterocycles. The first-order valence-electron chi connectivity index (χ1n) is 4.10. The van der Waals surface area contributed by atoms with Gasteiger partial charge in [-0.3, -0.25) is 10.1 Å². The summed E-state index contributed by atoms with van der Waals surface area (Å²) in [7, 11) is 0. The Kier molecular flexibility index (Phi) is 4.16. The molecule has 1 aromatic carbocycles. The summed E-state index contributed by atoms with van der Waals surface area (Å²) in [5, 5.41) is 20.4. The van der Waals surface area contributed by atoms with Crippen molar-refractivity contribution in [2.75, 3.05) is 0 Å². The molecule has 0 saturated heterocycles. The van der Waals surface area contributed by atoms with Crippen LogP contribution in [0.2, 0.25) is 5.02 Å². The minimum absolute atomic E-state index is 0. The van der Waals surface area contributed by atoms with Crippen LogP contribution in [0.25, 0.3) is 11.0 Å². The van der Waals surface area contributed by atoms with Crippen LogP contribution in [0.5, 0.6) is 5.75 Å². The van der Waals surface area contributed by atoms with Gasteiger partial charge in [-0.25, -0.2) is 4.79 Å². The van der Waals surface area contributed by atoms with E-state index in [4.69, 9.17) is 11.6 Å². The van der Waals surface area contributed by atoms with Crippen LogP contribution in [0.1, 0.15) is 0 Å². The molecular weight excluding hydrogens is 261 g/mol. The van der Waals surface area contributed by atoms with Gasteiger partial charge in [0.1, 0.15) is 5.58 Å². The Morgan fingerprint density at radius 2 is 2.06 bits per heavy atom. The van der Waals surface area contributed by atoms with Gasteiger partial charge in [-0.1, -0.05) is 11.6 Å². The third kappa shape index (κ3) is 2.44. The average Bonchev–Trinajstić information content (AvgIpc) is 2.19. The van der Waals surface area contributed by atoms with Crippen molar-refractivity contribution in [3.05, 3.63) is 43.8 Å². The molecule has 2 aromatic rings. The monoisotopic (exact) mass is 264 g/mol. The van der Waals surface area contributed by atoms with Crippen LogP contribution < -0.4 is 5.63 Å². The van der Waals surface area contributed by atoms with Gasteiger partial charge >= 0.3 is 11.3 Å². The molecule has 0 amide bonds. The minimum atomic E-state index is -1.20. The SMILES string of the molecule is O=c1oc2ccc(Cl)cc2c(O)c1[N+](=O)[O-].[Na]. The van der Waals surface area contributed by atoms with Gasteiger partial charge in [0, 0.05) is 34.6 Å². The second-order valence-corrected chi connectivity index (χ2v) is 3.42. The molecule has 0 aliphatic carbocycles. The predicted molar refractivity (Wildman–Crippen MR) is 61.6 cm³/mol. The topological polar surface area (TPSA) is 93.6 Å². The molecule has 83 valence electrons. The summed E-state index contributed by atoms with van der Waals surface area (Å²) in [6.45, 7) is 0. The Morgan fingerprint density at radius 1 is 1.41 bits per heavy atom. The smallest absolute Gasteiger partial charge is 0.419 e. The summed E-state index contributed by atoms with van der Waals surface area (Å²) in [6, 6.07) is 4.07. The summed E-state index contributed by atoms with van der Waals surface area (Å²) in [6.07, 6.45) is 0. The number of aromatic hydroxyl groups is 1. The first-order valence-corrected chi connectivity index (χ1v) is 4.48. The fourth-order valence-electron chi connectivity index (χ4n) is 1.31. The standard InChI is InChI=1S/C9H4ClNO5.Na/c10-4-1-2-6-5(3-4)8(12)7(11(14)15)9(13)16-6;/h1-3,12H;. The van der Waals surface area contributed by atoms with Crippen LogP contribution in [0.3, 0.4) is 0 Å². The molecule has 0 aliphatic rings. The van der Waals surface area contributed by atoms with E-state index in [1.54, 1.807) is 0 Å². The Balaban J connectivity index is 0.00000144. The van der Waals surface area contributed by atoms with Gasteiger partial charge in [0.2, 0.25) is 5.75 Å². The number of rotatable bonds is 1. The molecule has 8 heteroatoms. The summed E-state index contributed by atoms with van der Waals surface area (Å²) < 4.78 is 4.67. The van der Waals surface area contributed by atoms with E-state index in [1.807, 2.05) is 0 Å². The van der Waals surface area contributed by atoms with Crippen molar-refractivity contribution in [3.63, 3.8) is 0 Å². The second kappa shape index (κ2) is 5.05. The molecule has 6 nitrogen and oxygen atoms in total. The normalized spacial score (nSPS) is 9.94. The van der Waals surface area contributed by atoms with Crippen molar-refractivity contribution in [2.45, 2.75) is 0 Å². The molecule has 0 atom stereocenters. The molecule has 1 heterocycles.